The van der Waals surface area contributed by atoms with Crippen molar-refractivity contribution in [3.05, 3.63) is 0 Å². The molecule has 1 aliphatic heterocycles. The molecule has 1 fully saturated rings. The molecular weight excluding hydrogens is 172 g/mol. The van der Waals surface area contributed by atoms with Gasteiger partial charge in [0.15, 0.2) is 6.29 Å². The third-order valence-electron chi connectivity index (χ3n) is 2.90. The summed E-state index contributed by atoms with van der Waals surface area (Å²) >= 11 is 0. The minimum Gasteiger partial charge on any atom is -0.394 e. The Balaban J connectivity index is 2.66. The highest BCUT2D eigenvalue weighted by Crippen LogP contribution is 2.30. The third kappa shape index (κ3) is 2.02. The van der Waals surface area contributed by atoms with Gasteiger partial charge in [-0.3, -0.25) is 0 Å². The van der Waals surface area contributed by atoms with Crippen molar-refractivity contribution >= 4 is 0 Å². The maximum atomic E-state index is 9.68. The highest BCUT2D eigenvalue weighted by atomic mass is 16.7. The molecule has 0 unspecified atom stereocenters. The van der Waals surface area contributed by atoms with Gasteiger partial charge in [0.05, 0.1) is 12.7 Å². The minimum absolute atomic E-state index is 0.0795. The third-order valence-corrected chi connectivity index (χ3v) is 2.90. The van der Waals surface area contributed by atoms with E-state index in [-0.39, 0.29) is 24.7 Å². The Morgan fingerprint density at radius 3 is 2.38 bits per heavy atom. The van der Waals surface area contributed by atoms with E-state index in [2.05, 4.69) is 0 Å². The molecule has 1 saturated heterocycles. The van der Waals surface area contributed by atoms with Crippen LogP contribution >= 0.6 is 0 Å². The summed E-state index contributed by atoms with van der Waals surface area (Å²) in [6.07, 6.45) is -1.45. The van der Waals surface area contributed by atoms with Gasteiger partial charge in [-0.15, -0.1) is 0 Å². The summed E-state index contributed by atoms with van der Waals surface area (Å²) in [5, 5.41) is 18.6. The van der Waals surface area contributed by atoms with Gasteiger partial charge >= 0.3 is 0 Å². The van der Waals surface area contributed by atoms with Crippen LogP contribution in [-0.2, 0) is 9.47 Å². The SMILES string of the molecule is CO[C@@H]1O[C@H](CO)[C@@H](O)[C@H](C)[C@@H]1C. The first kappa shape index (κ1) is 10.9. The number of ether oxygens (including phenoxy) is 2. The van der Waals surface area contributed by atoms with Crippen molar-refractivity contribution < 1.29 is 19.7 Å². The maximum Gasteiger partial charge on any atom is 0.160 e. The van der Waals surface area contributed by atoms with E-state index in [1.807, 2.05) is 13.8 Å². The van der Waals surface area contributed by atoms with Gasteiger partial charge in [-0.05, 0) is 5.92 Å². The van der Waals surface area contributed by atoms with Crippen molar-refractivity contribution in [1.82, 2.24) is 0 Å². The molecule has 5 atom stereocenters. The van der Waals surface area contributed by atoms with E-state index in [1.165, 1.54) is 0 Å². The quantitative estimate of drug-likeness (QED) is 0.642. The molecule has 1 rings (SSSR count). The number of aliphatic hydroxyl groups is 2. The van der Waals surface area contributed by atoms with Crippen LogP contribution in [0.5, 0.6) is 0 Å². The molecule has 0 aromatic rings. The van der Waals surface area contributed by atoms with Crippen LogP contribution in [0.4, 0.5) is 0 Å². The molecule has 4 nitrogen and oxygen atoms in total. The summed E-state index contributed by atoms with van der Waals surface area (Å²) in [7, 11) is 1.57. The molecule has 78 valence electrons. The Bertz CT molecular complexity index is 142. The van der Waals surface area contributed by atoms with Crippen molar-refractivity contribution in [3.8, 4) is 0 Å². The number of hydrogen-bond acceptors (Lipinski definition) is 4. The lowest BCUT2D eigenvalue weighted by Gasteiger charge is -2.41. The average molecular weight is 190 g/mol. The van der Waals surface area contributed by atoms with E-state index in [9.17, 15) is 5.11 Å². The van der Waals surface area contributed by atoms with Crippen molar-refractivity contribution in [3.63, 3.8) is 0 Å². The van der Waals surface area contributed by atoms with Crippen LogP contribution in [0, 0.1) is 11.8 Å². The first-order valence-corrected chi connectivity index (χ1v) is 4.59. The molecule has 13 heavy (non-hydrogen) atoms. The molecular formula is C9H18O4. The van der Waals surface area contributed by atoms with Gasteiger partial charge in [0.2, 0.25) is 0 Å². The lowest BCUT2D eigenvalue weighted by molar-refractivity contribution is -0.260. The lowest BCUT2D eigenvalue weighted by atomic mass is 9.85. The number of rotatable bonds is 2. The van der Waals surface area contributed by atoms with Gasteiger partial charge in [-0.25, -0.2) is 0 Å². The second kappa shape index (κ2) is 4.37. The van der Waals surface area contributed by atoms with Gasteiger partial charge in [-0.1, -0.05) is 13.8 Å². The molecule has 0 aliphatic carbocycles. The Kier molecular flexibility index (Phi) is 3.67. The van der Waals surface area contributed by atoms with Crippen LogP contribution in [0.15, 0.2) is 0 Å². The lowest BCUT2D eigenvalue weighted by Crippen LogP contribution is -2.51. The van der Waals surface area contributed by atoms with E-state index < -0.39 is 12.2 Å². The largest absolute Gasteiger partial charge is 0.394 e. The first-order chi connectivity index (χ1) is 6.11. The van der Waals surface area contributed by atoms with Crippen LogP contribution < -0.4 is 0 Å². The first-order valence-electron chi connectivity index (χ1n) is 4.59. The molecule has 0 saturated carbocycles. The van der Waals surface area contributed by atoms with Crippen LogP contribution in [-0.4, -0.2) is 42.4 Å². The predicted octanol–water partition coefficient (Wildman–Crippen LogP) is -0.0169. The maximum absolute atomic E-state index is 9.68. The smallest absolute Gasteiger partial charge is 0.160 e. The molecule has 4 heteroatoms. The van der Waals surface area contributed by atoms with Crippen LogP contribution in [0.2, 0.25) is 0 Å². The molecule has 0 aromatic carbocycles. The van der Waals surface area contributed by atoms with E-state index in [0.717, 1.165) is 0 Å². The standard InChI is InChI=1S/C9H18O4/c1-5-6(2)9(12-3)13-7(4-10)8(5)11/h5-11H,4H2,1-3H3/t5-,6+,7-,8+,9-/m1/s1. The summed E-state index contributed by atoms with van der Waals surface area (Å²) in [6.45, 7) is 3.74. The van der Waals surface area contributed by atoms with Crippen LogP contribution in [0.1, 0.15) is 13.8 Å². The minimum atomic E-state index is -0.605. The zero-order valence-electron chi connectivity index (χ0n) is 8.30. The van der Waals surface area contributed by atoms with E-state index >= 15 is 0 Å². The zero-order valence-corrected chi connectivity index (χ0v) is 8.30. The van der Waals surface area contributed by atoms with Crippen LogP contribution in [0.3, 0.4) is 0 Å². The van der Waals surface area contributed by atoms with Gasteiger partial charge in [0.25, 0.3) is 0 Å². The molecule has 0 radical (unpaired) electrons. The molecule has 2 N–H and O–H groups in total. The molecule has 1 aliphatic rings. The van der Waals surface area contributed by atoms with Crippen LogP contribution in [0.25, 0.3) is 0 Å². The Hall–Kier alpha value is -0.160. The number of aliphatic hydroxyl groups excluding tert-OH is 2. The van der Waals surface area contributed by atoms with Gasteiger partial charge in [-0.2, -0.15) is 0 Å². The second-order valence-electron chi connectivity index (χ2n) is 3.67. The molecule has 0 amide bonds. The number of methoxy groups -OCH3 is 1. The summed E-state index contributed by atoms with van der Waals surface area (Å²) in [6, 6.07) is 0. The topological polar surface area (TPSA) is 58.9 Å². The predicted molar refractivity (Wildman–Crippen MR) is 47.1 cm³/mol. The summed E-state index contributed by atoms with van der Waals surface area (Å²) in [5.41, 5.74) is 0. The van der Waals surface area contributed by atoms with Crippen molar-refractivity contribution in [2.24, 2.45) is 11.8 Å². The highest BCUT2D eigenvalue weighted by Gasteiger charge is 2.40. The average Bonchev–Trinajstić information content (AvgIpc) is 2.15. The molecule has 0 spiro atoms. The normalized spacial score (nSPS) is 46.4. The Morgan fingerprint density at radius 1 is 1.31 bits per heavy atom. The van der Waals surface area contributed by atoms with Crippen molar-refractivity contribution in [2.75, 3.05) is 13.7 Å². The molecule has 0 bridgehead atoms. The fourth-order valence-electron chi connectivity index (χ4n) is 1.70. The van der Waals surface area contributed by atoms with Gasteiger partial charge in [0.1, 0.15) is 6.10 Å². The summed E-state index contributed by atoms with van der Waals surface area (Å²) in [4.78, 5) is 0. The fraction of sp³-hybridized carbons (Fsp3) is 1.00. The zero-order chi connectivity index (χ0) is 10.0. The summed E-state index contributed by atoms with van der Waals surface area (Å²) in [5.74, 6) is 0.221. The van der Waals surface area contributed by atoms with E-state index in [1.54, 1.807) is 7.11 Å². The Morgan fingerprint density at radius 2 is 1.92 bits per heavy atom. The van der Waals surface area contributed by atoms with Crippen molar-refractivity contribution in [2.45, 2.75) is 32.3 Å². The molecule has 1 heterocycles. The van der Waals surface area contributed by atoms with E-state index in [4.69, 9.17) is 14.6 Å². The van der Waals surface area contributed by atoms with E-state index in [0.29, 0.717) is 0 Å². The second-order valence-corrected chi connectivity index (χ2v) is 3.67. The van der Waals surface area contributed by atoms with Gasteiger partial charge < -0.3 is 19.7 Å². The monoisotopic (exact) mass is 190 g/mol. The molecule has 0 aromatic heterocycles. The highest BCUT2D eigenvalue weighted by molar-refractivity contribution is 4.84. The number of hydrogen-bond donors (Lipinski definition) is 2. The Labute approximate surface area is 78.5 Å². The summed E-state index contributed by atoms with van der Waals surface area (Å²) < 4.78 is 10.5. The fourth-order valence-corrected chi connectivity index (χ4v) is 1.70. The van der Waals surface area contributed by atoms with Gasteiger partial charge in [0, 0.05) is 13.0 Å². The van der Waals surface area contributed by atoms with Crippen molar-refractivity contribution in [1.29, 1.82) is 0 Å².